The number of hydrogen-bond acceptors (Lipinski definition) is 9. The van der Waals surface area contributed by atoms with Gasteiger partial charge in [-0.05, 0) is 89.3 Å². The van der Waals surface area contributed by atoms with Crippen molar-refractivity contribution in [2.75, 3.05) is 27.9 Å². The van der Waals surface area contributed by atoms with E-state index in [-0.39, 0.29) is 47.7 Å². The number of fused-ring (bicyclic) bond motifs is 6. The van der Waals surface area contributed by atoms with Crippen LogP contribution in [0.2, 0.25) is 0 Å². The number of nitrogens with zero attached hydrogens (tertiary/aromatic N) is 4. The predicted molar refractivity (Wildman–Crippen MR) is 251 cm³/mol. The second-order valence-corrected chi connectivity index (χ2v) is 18.5. The number of carbonyl (C=O) groups excluding carboxylic acids is 4. The van der Waals surface area contributed by atoms with Crippen molar-refractivity contribution in [1.82, 2.24) is 40.4 Å². The van der Waals surface area contributed by atoms with Crippen LogP contribution in [0.25, 0.3) is 54.7 Å². The highest BCUT2D eigenvalue weighted by atomic mass is 16.5. The van der Waals surface area contributed by atoms with Gasteiger partial charge < -0.3 is 44.6 Å². The number of methoxy groups -OCH3 is 3. The molecule has 1 aliphatic heterocycles. The van der Waals surface area contributed by atoms with Crippen LogP contribution in [0.4, 0.5) is 9.59 Å². The zero-order valence-corrected chi connectivity index (χ0v) is 38.8. The Bertz CT molecular complexity index is 2800. The van der Waals surface area contributed by atoms with E-state index in [1.165, 1.54) is 14.2 Å². The Morgan fingerprint density at radius 3 is 1.85 bits per heavy atom. The third-order valence-corrected chi connectivity index (χ3v) is 13.7. The van der Waals surface area contributed by atoms with E-state index < -0.39 is 24.3 Å². The van der Waals surface area contributed by atoms with Crippen LogP contribution >= 0.6 is 0 Å². The number of imidazole rings is 2. The van der Waals surface area contributed by atoms with Crippen LogP contribution in [-0.2, 0) is 23.8 Å². The summed E-state index contributed by atoms with van der Waals surface area (Å²) < 4.78 is 14.9. The molecule has 3 unspecified atom stereocenters. The molecule has 15 heteroatoms. The second kappa shape index (κ2) is 18.1. The molecule has 4 N–H and O–H groups in total. The fourth-order valence-corrected chi connectivity index (χ4v) is 9.67. The number of carbonyl (C=O) groups is 4. The molecule has 4 aromatic carbocycles. The fraction of sp³-hybridized carbons (Fsp3) is 0.440. The van der Waals surface area contributed by atoms with Gasteiger partial charge in [-0.2, -0.15) is 0 Å². The lowest BCUT2D eigenvalue weighted by atomic mass is 9.98. The first-order valence-corrected chi connectivity index (χ1v) is 22.5. The molecule has 4 amide bonds. The van der Waals surface area contributed by atoms with E-state index in [1.54, 1.807) is 18.3 Å². The summed E-state index contributed by atoms with van der Waals surface area (Å²) in [6.45, 7) is 14.4. The van der Waals surface area contributed by atoms with Crippen LogP contribution in [-0.4, -0.2) is 99.7 Å². The Labute approximate surface area is 378 Å². The minimum absolute atomic E-state index is 0.0182. The maximum atomic E-state index is 14.2. The summed E-state index contributed by atoms with van der Waals surface area (Å²) in [6, 6.07) is 18.8. The van der Waals surface area contributed by atoms with Crippen LogP contribution in [0.3, 0.4) is 0 Å². The largest absolute Gasteiger partial charge is 0.505 e. The normalized spacial score (nSPS) is 21.0. The first kappa shape index (κ1) is 44.9. The third kappa shape index (κ3) is 8.55. The highest BCUT2D eigenvalue weighted by Crippen LogP contribution is 2.46. The van der Waals surface area contributed by atoms with E-state index in [0.29, 0.717) is 36.5 Å². The smallest absolute Gasteiger partial charge is 0.407 e. The van der Waals surface area contributed by atoms with E-state index in [4.69, 9.17) is 24.2 Å². The number of ether oxygens (including phenoxy) is 3. The first-order chi connectivity index (χ1) is 31.1. The molecule has 8 atom stereocenters. The number of alkyl carbamates (subject to hydrolysis) is 2. The van der Waals surface area contributed by atoms with Crippen LogP contribution in [0.5, 0.6) is 0 Å². The maximum Gasteiger partial charge on any atom is 0.407 e. The molecule has 1 saturated carbocycles. The third-order valence-electron chi connectivity index (χ3n) is 13.7. The molecular weight excluding hydrogens is 825 g/mol. The van der Waals surface area contributed by atoms with Gasteiger partial charge in [0, 0.05) is 29.3 Å². The zero-order valence-electron chi connectivity index (χ0n) is 38.8. The molecule has 1 saturated heterocycles. The van der Waals surface area contributed by atoms with Gasteiger partial charge in [-0.1, -0.05) is 77.9 Å². The van der Waals surface area contributed by atoms with Crippen LogP contribution in [0.15, 0.2) is 73.0 Å². The van der Waals surface area contributed by atoms with E-state index >= 15 is 0 Å². The average Bonchev–Trinajstić information content (AvgIpc) is 3.81. The highest BCUT2D eigenvalue weighted by Gasteiger charge is 2.52. The van der Waals surface area contributed by atoms with Crippen molar-refractivity contribution in [1.29, 1.82) is 0 Å². The molecule has 3 heterocycles. The maximum absolute atomic E-state index is 14.2. The Kier molecular flexibility index (Phi) is 12.5. The summed E-state index contributed by atoms with van der Waals surface area (Å²) in [6.07, 6.45) is 2.95. The van der Waals surface area contributed by atoms with Gasteiger partial charge in [0.25, 0.3) is 0 Å². The standard InChI is InChI=1S/C50H60N8O7/c1-25(2)40(55-49(61)64-9)47(59)57-24-30(19-20-63-8)21-39(57)46-52-38-18-14-34-23-32(12-16-36(34)43(38)54-46)31-11-15-35-33(22-31)13-17-37-42(35)53-45(51-37)29(7)58(44-27(5)28(44)6)48(60)41(26(3)4)56-50(62)65-10/h11-20,22-23,25-30,39-41,44H,21,24H2,1-10H3,(H,51,53)(H,52,54)(H,55,61)(H,56,62)/b20-19+/t27-,28?,29-,30?,39-,40-,41-,44?/m0/s1. The van der Waals surface area contributed by atoms with E-state index in [2.05, 4.69) is 83.0 Å². The van der Waals surface area contributed by atoms with Crippen LogP contribution in [0, 0.1) is 29.6 Å². The molecule has 65 heavy (non-hydrogen) atoms. The Hall–Kier alpha value is -6.64. The molecule has 2 aromatic heterocycles. The summed E-state index contributed by atoms with van der Waals surface area (Å²) in [5.74, 6) is 1.36. The summed E-state index contributed by atoms with van der Waals surface area (Å²) in [7, 11) is 4.18. The number of amides is 4. The lowest BCUT2D eigenvalue weighted by Crippen LogP contribution is -2.53. The second-order valence-electron chi connectivity index (χ2n) is 18.5. The summed E-state index contributed by atoms with van der Waals surface area (Å²) >= 11 is 0. The van der Waals surface area contributed by atoms with Crippen molar-refractivity contribution in [2.45, 2.75) is 85.1 Å². The minimum Gasteiger partial charge on any atom is -0.505 e. The van der Waals surface area contributed by atoms with Gasteiger partial charge >= 0.3 is 12.2 Å². The van der Waals surface area contributed by atoms with Crippen molar-refractivity contribution >= 4 is 67.6 Å². The van der Waals surface area contributed by atoms with Crippen molar-refractivity contribution in [2.24, 2.45) is 29.6 Å². The number of likely N-dealkylation sites (tertiary alicyclic amines) is 1. The monoisotopic (exact) mass is 884 g/mol. The van der Waals surface area contributed by atoms with Gasteiger partial charge in [-0.25, -0.2) is 19.6 Å². The van der Waals surface area contributed by atoms with Crippen LogP contribution < -0.4 is 10.6 Å². The van der Waals surface area contributed by atoms with Crippen molar-refractivity contribution in [3.63, 3.8) is 0 Å². The van der Waals surface area contributed by atoms with Crippen molar-refractivity contribution in [3.8, 4) is 11.1 Å². The van der Waals surface area contributed by atoms with Gasteiger partial charge in [-0.3, -0.25) is 9.59 Å². The topological polar surface area (TPSA) is 184 Å². The molecule has 15 nitrogen and oxygen atoms in total. The molecule has 2 fully saturated rings. The number of rotatable bonds is 13. The molecule has 0 bridgehead atoms. The van der Waals surface area contributed by atoms with Gasteiger partial charge in [0.05, 0.1) is 61.7 Å². The number of aromatic nitrogens is 4. The molecule has 0 radical (unpaired) electrons. The van der Waals surface area contributed by atoms with E-state index in [1.807, 2.05) is 57.7 Å². The molecule has 342 valence electrons. The average molecular weight is 885 g/mol. The van der Waals surface area contributed by atoms with Gasteiger partial charge in [0.2, 0.25) is 11.8 Å². The number of H-pyrrole nitrogens is 2. The van der Waals surface area contributed by atoms with Gasteiger partial charge in [0.15, 0.2) is 0 Å². The number of hydrogen-bond donors (Lipinski definition) is 4. The number of aromatic amines is 2. The zero-order chi connectivity index (χ0) is 46.4. The van der Waals surface area contributed by atoms with Gasteiger partial charge in [0.1, 0.15) is 23.7 Å². The Balaban J connectivity index is 1.08. The fourth-order valence-electron chi connectivity index (χ4n) is 9.67. The SMILES string of the molecule is CO/C=C/C1C[C@@H](c2nc3c(ccc4cc(-c5ccc6c(ccc7[nH]c([C@H](C)N(C(=O)[C@@H](NC(=O)OC)C(C)C)C8C(C)[C@@H]8C)nc76)c5)ccc43)[nH]2)N(C(=O)[C@@H](NC(=O)OC)C(C)C)C1. The van der Waals surface area contributed by atoms with Crippen molar-refractivity contribution in [3.05, 3.63) is 84.7 Å². The van der Waals surface area contributed by atoms with E-state index in [9.17, 15) is 19.2 Å². The minimum atomic E-state index is -0.768. The summed E-state index contributed by atoms with van der Waals surface area (Å²) in [5, 5.41) is 9.54. The molecule has 6 aromatic rings. The van der Waals surface area contributed by atoms with E-state index in [0.717, 1.165) is 54.7 Å². The Morgan fingerprint density at radius 2 is 1.31 bits per heavy atom. The first-order valence-electron chi connectivity index (χ1n) is 22.5. The van der Waals surface area contributed by atoms with Gasteiger partial charge in [-0.15, -0.1) is 0 Å². The quantitative estimate of drug-likeness (QED) is 0.0824. The Morgan fingerprint density at radius 1 is 0.754 bits per heavy atom. The molecule has 8 rings (SSSR count). The number of benzene rings is 4. The lowest BCUT2D eigenvalue weighted by molar-refractivity contribution is -0.138. The van der Waals surface area contributed by atoms with Crippen LogP contribution in [0.1, 0.15) is 78.6 Å². The molecule has 0 spiro atoms. The summed E-state index contributed by atoms with van der Waals surface area (Å²) in [4.78, 5) is 73.9. The number of nitrogens with one attached hydrogen (secondary N) is 4. The van der Waals surface area contributed by atoms with Crippen molar-refractivity contribution < 1.29 is 33.4 Å². The summed E-state index contributed by atoms with van der Waals surface area (Å²) in [5.41, 5.74) is 5.48. The lowest BCUT2D eigenvalue weighted by Gasteiger charge is -2.34. The molecule has 2 aliphatic rings. The molecule has 1 aliphatic carbocycles. The predicted octanol–water partition coefficient (Wildman–Crippen LogP) is 8.77. The molecular formula is C50H60N8O7. The highest BCUT2D eigenvalue weighted by molar-refractivity contribution is 6.07.